The molecule has 0 aromatic carbocycles. The summed E-state index contributed by atoms with van der Waals surface area (Å²) in [4.78, 5) is 0. The number of hydrogen-bond acceptors (Lipinski definition) is 2. The first-order valence-electron chi connectivity index (χ1n) is 7.07. The van der Waals surface area contributed by atoms with E-state index in [1.54, 1.807) is 0 Å². The third-order valence-electron chi connectivity index (χ3n) is 2.70. The van der Waals surface area contributed by atoms with Crippen molar-refractivity contribution in [2.45, 2.75) is 70.6 Å². The van der Waals surface area contributed by atoms with Gasteiger partial charge in [0.2, 0.25) is 0 Å². The quantitative estimate of drug-likeness (QED) is 0.272. The van der Waals surface area contributed by atoms with E-state index in [2.05, 4.69) is 6.92 Å². The van der Waals surface area contributed by atoms with Gasteiger partial charge in [-0.25, -0.2) is 0 Å². The Balaban J connectivity index is 2.89. The highest BCUT2D eigenvalue weighted by Crippen LogP contribution is 2.05. The van der Waals surface area contributed by atoms with Gasteiger partial charge in [-0.3, -0.25) is 0 Å². The van der Waals surface area contributed by atoms with Gasteiger partial charge in [-0.15, -0.1) is 11.6 Å². The van der Waals surface area contributed by atoms with E-state index in [1.165, 1.54) is 32.1 Å². The monoisotopic (exact) mass is 264 g/mol. The van der Waals surface area contributed by atoms with Crippen molar-refractivity contribution in [1.29, 1.82) is 0 Å². The Morgan fingerprint density at radius 1 is 0.882 bits per heavy atom. The lowest BCUT2D eigenvalue weighted by atomic mass is 10.1. The van der Waals surface area contributed by atoms with Crippen LogP contribution >= 0.6 is 11.6 Å². The number of halogens is 1. The van der Waals surface area contributed by atoms with Crippen LogP contribution in [-0.4, -0.2) is 25.4 Å². The van der Waals surface area contributed by atoms with Crippen molar-refractivity contribution in [3.8, 4) is 0 Å². The van der Waals surface area contributed by atoms with Crippen LogP contribution in [-0.2, 0) is 9.47 Å². The van der Waals surface area contributed by atoms with Gasteiger partial charge in [0, 0.05) is 18.6 Å². The highest BCUT2D eigenvalue weighted by Gasteiger charge is 1.96. The Morgan fingerprint density at radius 3 is 2.12 bits per heavy atom. The Morgan fingerprint density at radius 2 is 1.47 bits per heavy atom. The van der Waals surface area contributed by atoms with E-state index in [-0.39, 0.29) is 5.38 Å². The molecule has 0 aliphatic heterocycles. The fourth-order valence-corrected chi connectivity index (χ4v) is 1.78. The minimum Gasteiger partial charge on any atom is -0.355 e. The maximum Gasteiger partial charge on any atom is 0.146 e. The predicted octanol–water partition coefficient (Wildman–Crippen LogP) is 4.75. The molecule has 17 heavy (non-hydrogen) atoms. The summed E-state index contributed by atoms with van der Waals surface area (Å²) in [5.41, 5.74) is 0. The van der Waals surface area contributed by atoms with Crippen LogP contribution in [0.25, 0.3) is 0 Å². The van der Waals surface area contributed by atoms with Gasteiger partial charge in [0.05, 0.1) is 0 Å². The largest absolute Gasteiger partial charge is 0.355 e. The van der Waals surface area contributed by atoms with Gasteiger partial charge in [-0.1, -0.05) is 39.0 Å². The number of unbranched alkanes of at least 4 members (excludes halogenated alkanes) is 5. The molecule has 0 aromatic rings. The Labute approximate surface area is 112 Å². The molecule has 0 saturated carbocycles. The fraction of sp³-hybridized carbons (Fsp3) is 1.00. The number of rotatable bonds is 13. The van der Waals surface area contributed by atoms with E-state index in [9.17, 15) is 0 Å². The molecule has 0 bridgehead atoms. The zero-order valence-corrected chi connectivity index (χ0v) is 12.3. The topological polar surface area (TPSA) is 18.5 Å². The zero-order chi connectivity index (χ0) is 12.8. The van der Waals surface area contributed by atoms with E-state index < -0.39 is 0 Å². The second kappa shape index (κ2) is 14.3. The molecular weight excluding hydrogens is 236 g/mol. The molecule has 0 rings (SSSR count). The van der Waals surface area contributed by atoms with Gasteiger partial charge in [-0.2, -0.15) is 0 Å². The minimum atomic E-state index is 0.252. The van der Waals surface area contributed by atoms with Gasteiger partial charge in [-0.05, 0) is 26.2 Å². The summed E-state index contributed by atoms with van der Waals surface area (Å²) in [6.45, 7) is 6.28. The van der Waals surface area contributed by atoms with Crippen LogP contribution in [0.3, 0.4) is 0 Å². The summed E-state index contributed by atoms with van der Waals surface area (Å²) in [7, 11) is 0. The first kappa shape index (κ1) is 17.2. The summed E-state index contributed by atoms with van der Waals surface area (Å²) in [5.74, 6) is 0. The van der Waals surface area contributed by atoms with Crippen LogP contribution in [0.1, 0.15) is 65.2 Å². The van der Waals surface area contributed by atoms with E-state index in [0.717, 1.165) is 32.5 Å². The van der Waals surface area contributed by atoms with Crippen LogP contribution in [0.2, 0.25) is 0 Å². The average Bonchev–Trinajstić information content (AvgIpc) is 2.30. The molecule has 0 heterocycles. The molecule has 0 saturated heterocycles. The fourth-order valence-electron chi connectivity index (χ4n) is 1.63. The zero-order valence-electron chi connectivity index (χ0n) is 11.5. The highest BCUT2D eigenvalue weighted by atomic mass is 35.5. The lowest BCUT2D eigenvalue weighted by molar-refractivity contribution is -0.0555. The lowest BCUT2D eigenvalue weighted by Crippen LogP contribution is -2.04. The smallest absolute Gasteiger partial charge is 0.146 e. The van der Waals surface area contributed by atoms with Gasteiger partial charge >= 0.3 is 0 Å². The number of alkyl halides is 1. The molecule has 3 heteroatoms. The molecule has 0 fully saturated rings. The Kier molecular flexibility index (Phi) is 14.4. The molecule has 1 atom stereocenters. The van der Waals surface area contributed by atoms with Crippen molar-refractivity contribution in [3.05, 3.63) is 0 Å². The molecule has 2 nitrogen and oxygen atoms in total. The van der Waals surface area contributed by atoms with Gasteiger partial charge in [0.1, 0.15) is 6.79 Å². The molecule has 0 aliphatic carbocycles. The summed E-state index contributed by atoms with van der Waals surface area (Å²) in [6, 6.07) is 0. The van der Waals surface area contributed by atoms with E-state index >= 15 is 0 Å². The average molecular weight is 265 g/mol. The van der Waals surface area contributed by atoms with Gasteiger partial charge in [0.15, 0.2) is 0 Å². The first-order valence-corrected chi connectivity index (χ1v) is 7.50. The van der Waals surface area contributed by atoms with Crippen molar-refractivity contribution in [3.63, 3.8) is 0 Å². The van der Waals surface area contributed by atoms with E-state index in [1.807, 2.05) is 6.92 Å². The van der Waals surface area contributed by atoms with Crippen LogP contribution in [0.5, 0.6) is 0 Å². The van der Waals surface area contributed by atoms with Crippen molar-refractivity contribution in [1.82, 2.24) is 0 Å². The van der Waals surface area contributed by atoms with E-state index in [4.69, 9.17) is 21.1 Å². The predicted molar refractivity (Wildman–Crippen MR) is 74.7 cm³/mol. The standard InChI is InChI=1S/C14H29ClO2/c1-3-4-5-6-7-8-11-16-13-17-12-9-10-14(2)15/h14H,3-13H2,1-2H3. The minimum absolute atomic E-state index is 0.252. The molecule has 104 valence electrons. The molecule has 1 unspecified atom stereocenters. The second-order valence-corrected chi connectivity index (χ2v) is 5.37. The molecule has 0 radical (unpaired) electrons. The number of ether oxygens (including phenoxy) is 2. The molecule has 0 spiro atoms. The maximum atomic E-state index is 5.82. The van der Waals surface area contributed by atoms with Crippen LogP contribution in [0.15, 0.2) is 0 Å². The van der Waals surface area contributed by atoms with Crippen LogP contribution in [0.4, 0.5) is 0 Å². The Hall–Kier alpha value is 0.210. The van der Waals surface area contributed by atoms with Crippen molar-refractivity contribution >= 4 is 11.6 Å². The molecule has 0 amide bonds. The van der Waals surface area contributed by atoms with Gasteiger partial charge < -0.3 is 9.47 Å². The lowest BCUT2D eigenvalue weighted by Gasteiger charge is -2.06. The summed E-state index contributed by atoms with van der Waals surface area (Å²) in [6.07, 6.45) is 9.85. The maximum absolute atomic E-state index is 5.82. The molecule has 0 N–H and O–H groups in total. The Bertz CT molecular complexity index is 140. The van der Waals surface area contributed by atoms with Crippen LogP contribution < -0.4 is 0 Å². The second-order valence-electron chi connectivity index (χ2n) is 4.63. The summed E-state index contributed by atoms with van der Waals surface area (Å²) in [5, 5.41) is 0.252. The third-order valence-corrected chi connectivity index (χ3v) is 2.92. The van der Waals surface area contributed by atoms with Crippen molar-refractivity contribution in [2.24, 2.45) is 0 Å². The molecule has 0 aromatic heterocycles. The summed E-state index contributed by atoms with van der Waals surface area (Å²) >= 11 is 5.82. The normalized spacial score (nSPS) is 12.9. The SMILES string of the molecule is CCCCCCCCOCOCCCC(C)Cl. The highest BCUT2D eigenvalue weighted by molar-refractivity contribution is 6.20. The number of hydrogen-bond donors (Lipinski definition) is 0. The van der Waals surface area contributed by atoms with E-state index in [0.29, 0.717) is 6.79 Å². The molecular formula is C14H29ClO2. The van der Waals surface area contributed by atoms with Crippen molar-refractivity contribution in [2.75, 3.05) is 20.0 Å². The van der Waals surface area contributed by atoms with Crippen molar-refractivity contribution < 1.29 is 9.47 Å². The first-order chi connectivity index (χ1) is 8.27. The van der Waals surface area contributed by atoms with Gasteiger partial charge in [0.25, 0.3) is 0 Å². The third kappa shape index (κ3) is 16.2. The van der Waals surface area contributed by atoms with Crippen LogP contribution in [0, 0.1) is 0 Å². The summed E-state index contributed by atoms with van der Waals surface area (Å²) < 4.78 is 10.7. The molecule has 0 aliphatic rings.